The summed E-state index contributed by atoms with van der Waals surface area (Å²) in [6.45, 7) is 7.22. The van der Waals surface area contributed by atoms with Crippen molar-refractivity contribution in [2.24, 2.45) is 0 Å². The number of amides is 2. The lowest BCUT2D eigenvalue weighted by molar-refractivity contribution is -0.149. The number of hydrogen-bond donors (Lipinski definition) is 0. The van der Waals surface area contributed by atoms with Crippen LogP contribution in [0.25, 0.3) is 11.8 Å². The zero-order valence-corrected chi connectivity index (χ0v) is 21.8. The number of hydrogen-bond acceptors (Lipinski definition) is 6. The summed E-state index contributed by atoms with van der Waals surface area (Å²) in [5, 5.41) is -0.498. The Morgan fingerprint density at radius 2 is 1.73 bits per heavy atom. The molecule has 1 aromatic heterocycles. The number of halogens is 1. The molecular weight excluding hydrogens is 495 g/mol. The lowest BCUT2D eigenvalue weighted by Crippen LogP contribution is -2.35. The Balaban J connectivity index is 1.48. The summed E-state index contributed by atoms with van der Waals surface area (Å²) >= 11 is 0.808. The number of carbonyl (C=O) groups excluding carboxylic acids is 3. The molecule has 7 nitrogen and oxygen atoms in total. The van der Waals surface area contributed by atoms with Gasteiger partial charge in [-0.2, -0.15) is 0 Å². The van der Waals surface area contributed by atoms with E-state index in [1.165, 1.54) is 12.1 Å². The zero-order valence-electron chi connectivity index (χ0n) is 21.0. The first-order chi connectivity index (χ1) is 17.6. The highest BCUT2D eigenvalue weighted by Crippen LogP contribution is 2.34. The van der Waals surface area contributed by atoms with E-state index in [-0.39, 0.29) is 16.8 Å². The van der Waals surface area contributed by atoms with Crippen molar-refractivity contribution < 1.29 is 28.2 Å². The second kappa shape index (κ2) is 11.0. The first-order valence-corrected chi connectivity index (χ1v) is 12.6. The van der Waals surface area contributed by atoms with Crippen LogP contribution in [0.1, 0.15) is 36.4 Å². The Labute approximate surface area is 218 Å². The van der Waals surface area contributed by atoms with Crippen molar-refractivity contribution in [3.05, 3.63) is 87.8 Å². The molecule has 4 rings (SSSR count). The predicted molar refractivity (Wildman–Crippen MR) is 140 cm³/mol. The number of ether oxygens (including phenoxy) is 2. The summed E-state index contributed by atoms with van der Waals surface area (Å²) in [5.41, 5.74) is 4.41. The second-order valence-electron chi connectivity index (χ2n) is 8.88. The molecule has 1 saturated heterocycles. The summed E-state index contributed by atoms with van der Waals surface area (Å²) in [6.07, 6.45) is 1.35. The molecule has 1 aliphatic rings. The number of imide groups is 1. The molecule has 37 heavy (non-hydrogen) atoms. The van der Waals surface area contributed by atoms with Gasteiger partial charge in [0.05, 0.1) is 11.0 Å². The largest absolute Gasteiger partial charge is 0.489 e. The molecule has 192 valence electrons. The van der Waals surface area contributed by atoms with Crippen LogP contribution >= 0.6 is 11.8 Å². The summed E-state index contributed by atoms with van der Waals surface area (Å²) in [4.78, 5) is 38.3. The summed E-state index contributed by atoms with van der Waals surface area (Å²) in [5.74, 6) is -0.739. The molecule has 0 radical (unpaired) electrons. The summed E-state index contributed by atoms with van der Waals surface area (Å²) < 4.78 is 26.0. The van der Waals surface area contributed by atoms with Crippen LogP contribution < -0.4 is 4.74 Å². The normalized spacial score (nSPS) is 14.6. The molecule has 2 heterocycles. The van der Waals surface area contributed by atoms with Gasteiger partial charge in [-0.05, 0) is 99.1 Å². The molecule has 0 aliphatic carbocycles. The van der Waals surface area contributed by atoms with E-state index in [9.17, 15) is 18.8 Å². The van der Waals surface area contributed by atoms with Crippen LogP contribution in [0.15, 0.2) is 59.5 Å². The SMILES string of the molecule is Cc1cc(/C=C2/SC(=O)N(CC(=O)OC(C)C)C2=O)c(C)n1-c1ccc(OCc2ccc(F)cc2)cc1. The molecule has 0 N–H and O–H groups in total. The first-order valence-electron chi connectivity index (χ1n) is 11.7. The molecular formula is C28H27FN2O5S. The fourth-order valence-corrected chi connectivity index (χ4v) is 4.81. The summed E-state index contributed by atoms with van der Waals surface area (Å²) in [6, 6.07) is 15.7. The van der Waals surface area contributed by atoms with E-state index >= 15 is 0 Å². The fourth-order valence-electron chi connectivity index (χ4n) is 3.98. The minimum Gasteiger partial charge on any atom is -0.489 e. The van der Waals surface area contributed by atoms with Gasteiger partial charge in [0.1, 0.15) is 24.7 Å². The minimum absolute atomic E-state index is 0.257. The lowest BCUT2D eigenvalue weighted by Gasteiger charge is -2.13. The van der Waals surface area contributed by atoms with E-state index in [2.05, 4.69) is 0 Å². The summed E-state index contributed by atoms with van der Waals surface area (Å²) in [7, 11) is 0. The number of carbonyl (C=O) groups is 3. The van der Waals surface area contributed by atoms with Crippen molar-refractivity contribution in [1.82, 2.24) is 9.47 Å². The third kappa shape index (κ3) is 6.11. The van der Waals surface area contributed by atoms with Crippen LogP contribution in [0.2, 0.25) is 0 Å². The molecule has 0 bridgehead atoms. The maximum atomic E-state index is 13.1. The highest BCUT2D eigenvalue weighted by atomic mass is 32.2. The van der Waals surface area contributed by atoms with Gasteiger partial charge in [-0.15, -0.1) is 0 Å². The third-order valence-corrected chi connectivity index (χ3v) is 6.61. The number of thioether (sulfide) groups is 1. The van der Waals surface area contributed by atoms with Gasteiger partial charge in [0.2, 0.25) is 0 Å². The third-order valence-electron chi connectivity index (χ3n) is 5.70. The van der Waals surface area contributed by atoms with E-state index < -0.39 is 23.7 Å². The molecule has 9 heteroatoms. The van der Waals surface area contributed by atoms with E-state index in [4.69, 9.17) is 9.47 Å². The van der Waals surface area contributed by atoms with Gasteiger partial charge in [0, 0.05) is 17.1 Å². The van der Waals surface area contributed by atoms with Gasteiger partial charge in [0.25, 0.3) is 11.1 Å². The average molecular weight is 523 g/mol. The van der Waals surface area contributed by atoms with Crippen molar-refractivity contribution >= 4 is 35.0 Å². The van der Waals surface area contributed by atoms with Crippen molar-refractivity contribution in [2.45, 2.75) is 40.4 Å². The molecule has 2 amide bonds. The second-order valence-corrected chi connectivity index (χ2v) is 9.87. The number of rotatable bonds is 8. The molecule has 0 unspecified atom stereocenters. The highest BCUT2D eigenvalue weighted by Gasteiger charge is 2.37. The van der Waals surface area contributed by atoms with Gasteiger partial charge < -0.3 is 14.0 Å². The first kappa shape index (κ1) is 26.2. The Kier molecular flexibility index (Phi) is 7.83. The van der Waals surface area contributed by atoms with Crippen LogP contribution in [-0.2, 0) is 20.9 Å². The standard InChI is InChI=1S/C28H27FN2O5S/c1-17(2)36-26(32)15-30-27(33)25(37-28(30)34)14-21-13-18(3)31(19(21)4)23-9-11-24(12-10-23)35-16-20-5-7-22(29)8-6-20/h5-14,17H,15-16H2,1-4H3/b25-14+. The Hall–Kier alpha value is -3.85. The predicted octanol–water partition coefficient (Wildman–Crippen LogP) is 5.80. The van der Waals surface area contributed by atoms with Gasteiger partial charge in [-0.3, -0.25) is 19.3 Å². The molecule has 0 atom stereocenters. The van der Waals surface area contributed by atoms with Crippen molar-refractivity contribution in [1.29, 1.82) is 0 Å². The van der Waals surface area contributed by atoms with Crippen LogP contribution in [0, 0.1) is 19.7 Å². The van der Waals surface area contributed by atoms with Crippen LogP contribution in [0.4, 0.5) is 9.18 Å². The number of esters is 1. The maximum absolute atomic E-state index is 13.1. The Morgan fingerprint density at radius 1 is 1.05 bits per heavy atom. The molecule has 2 aromatic carbocycles. The van der Waals surface area contributed by atoms with Crippen LogP contribution in [-0.4, -0.2) is 39.2 Å². The van der Waals surface area contributed by atoms with E-state index in [0.29, 0.717) is 12.4 Å². The topological polar surface area (TPSA) is 77.8 Å². The molecule has 1 fully saturated rings. The van der Waals surface area contributed by atoms with Gasteiger partial charge in [0.15, 0.2) is 0 Å². The quantitative estimate of drug-likeness (QED) is 0.275. The van der Waals surface area contributed by atoms with E-state index in [0.717, 1.165) is 44.9 Å². The number of nitrogens with zero attached hydrogens (tertiary/aromatic N) is 2. The number of benzene rings is 2. The van der Waals surface area contributed by atoms with Crippen molar-refractivity contribution in [3.8, 4) is 11.4 Å². The Morgan fingerprint density at radius 3 is 2.38 bits per heavy atom. The molecule has 0 saturated carbocycles. The van der Waals surface area contributed by atoms with Crippen molar-refractivity contribution in [3.63, 3.8) is 0 Å². The Bertz CT molecular complexity index is 1360. The van der Waals surface area contributed by atoms with Gasteiger partial charge in [-0.25, -0.2) is 4.39 Å². The number of aryl methyl sites for hydroxylation is 1. The molecule has 0 spiro atoms. The fraction of sp³-hybridized carbons (Fsp3) is 0.250. The minimum atomic E-state index is -0.623. The molecule has 3 aromatic rings. The van der Waals surface area contributed by atoms with E-state index in [1.54, 1.807) is 32.1 Å². The number of aromatic nitrogens is 1. The lowest BCUT2D eigenvalue weighted by atomic mass is 10.2. The average Bonchev–Trinajstić information content (AvgIpc) is 3.27. The highest BCUT2D eigenvalue weighted by molar-refractivity contribution is 8.18. The van der Waals surface area contributed by atoms with Crippen LogP contribution in [0.3, 0.4) is 0 Å². The van der Waals surface area contributed by atoms with Crippen molar-refractivity contribution in [2.75, 3.05) is 6.54 Å². The maximum Gasteiger partial charge on any atom is 0.326 e. The smallest absolute Gasteiger partial charge is 0.326 e. The van der Waals surface area contributed by atoms with Crippen LogP contribution in [0.5, 0.6) is 5.75 Å². The van der Waals surface area contributed by atoms with Gasteiger partial charge >= 0.3 is 5.97 Å². The zero-order chi connectivity index (χ0) is 26.7. The van der Waals surface area contributed by atoms with Gasteiger partial charge in [-0.1, -0.05) is 12.1 Å². The van der Waals surface area contributed by atoms with E-state index in [1.807, 2.05) is 48.7 Å². The molecule has 1 aliphatic heterocycles. The monoisotopic (exact) mass is 522 g/mol.